The summed E-state index contributed by atoms with van der Waals surface area (Å²) < 4.78 is 0. The summed E-state index contributed by atoms with van der Waals surface area (Å²) in [6, 6.07) is 0. The molecule has 0 atom stereocenters. The summed E-state index contributed by atoms with van der Waals surface area (Å²) in [6.07, 6.45) is 33.3. The number of rotatable bonds is 15. The molecule has 130 valence electrons. The molecule has 0 aromatic rings. The molecule has 0 aromatic carbocycles. The smallest absolute Gasteiger partial charge is 0.0431 e. The van der Waals surface area contributed by atoms with Gasteiger partial charge >= 0.3 is 0 Å². The summed E-state index contributed by atoms with van der Waals surface area (Å²) in [4.78, 5) is 0. The maximum Gasteiger partial charge on any atom is 0.0431 e. The van der Waals surface area contributed by atoms with E-state index in [-0.39, 0.29) is 0 Å². The third kappa shape index (κ3) is 20.7. The van der Waals surface area contributed by atoms with Crippen LogP contribution in [-0.4, -0.2) is 11.7 Å². The van der Waals surface area contributed by atoms with E-state index >= 15 is 0 Å². The second-order valence-corrected chi connectivity index (χ2v) is 5.63. The van der Waals surface area contributed by atoms with Gasteiger partial charge in [0.1, 0.15) is 0 Å². The zero-order chi connectivity index (χ0) is 16.8. The van der Waals surface area contributed by atoms with Crippen molar-refractivity contribution in [3.05, 3.63) is 60.8 Å². The highest BCUT2D eigenvalue weighted by Crippen LogP contribution is 2.03. The van der Waals surface area contributed by atoms with Gasteiger partial charge in [0, 0.05) is 6.61 Å². The number of unbranched alkanes of at least 4 members (excludes halogenated alkanes) is 4. The lowest BCUT2D eigenvalue weighted by atomic mass is 10.1. The molecule has 0 radical (unpaired) electrons. The van der Waals surface area contributed by atoms with E-state index in [1.54, 1.807) is 0 Å². The molecule has 0 spiro atoms. The molecule has 0 saturated heterocycles. The molecular weight excluding hydrogens is 280 g/mol. The van der Waals surface area contributed by atoms with Gasteiger partial charge in [0.25, 0.3) is 0 Å². The Hall–Kier alpha value is -1.34. The van der Waals surface area contributed by atoms with E-state index in [0.717, 1.165) is 44.9 Å². The van der Waals surface area contributed by atoms with E-state index in [1.165, 1.54) is 19.3 Å². The molecule has 0 saturated carbocycles. The summed E-state index contributed by atoms with van der Waals surface area (Å²) >= 11 is 0. The van der Waals surface area contributed by atoms with Crippen LogP contribution < -0.4 is 0 Å². The van der Waals surface area contributed by atoms with Crippen molar-refractivity contribution in [3.63, 3.8) is 0 Å². The Balaban J connectivity index is 3.39. The van der Waals surface area contributed by atoms with Crippen molar-refractivity contribution in [2.45, 2.75) is 71.1 Å². The summed E-state index contributed by atoms with van der Waals surface area (Å²) in [7, 11) is 0. The Morgan fingerprint density at radius 3 is 1.43 bits per heavy atom. The van der Waals surface area contributed by atoms with E-state index in [0.29, 0.717) is 6.61 Å². The third-order valence-corrected chi connectivity index (χ3v) is 3.44. The van der Waals surface area contributed by atoms with E-state index in [4.69, 9.17) is 5.11 Å². The van der Waals surface area contributed by atoms with Gasteiger partial charge < -0.3 is 5.11 Å². The molecular formula is C22H36O. The first kappa shape index (κ1) is 21.7. The number of allylic oxidation sites excluding steroid dienone is 10. The second kappa shape index (κ2) is 20.7. The molecule has 0 aliphatic rings. The van der Waals surface area contributed by atoms with Gasteiger partial charge in [0.15, 0.2) is 0 Å². The minimum atomic E-state index is 0.335. The van der Waals surface area contributed by atoms with Crippen LogP contribution in [0.5, 0.6) is 0 Å². The van der Waals surface area contributed by atoms with Crippen molar-refractivity contribution in [1.82, 2.24) is 0 Å². The average molecular weight is 317 g/mol. The Morgan fingerprint density at radius 1 is 0.522 bits per heavy atom. The Labute approximate surface area is 144 Å². The molecule has 0 bridgehead atoms. The van der Waals surface area contributed by atoms with Gasteiger partial charge in [-0.1, -0.05) is 80.5 Å². The molecule has 0 heterocycles. The van der Waals surface area contributed by atoms with Crippen LogP contribution in [0.1, 0.15) is 71.1 Å². The fourth-order valence-electron chi connectivity index (χ4n) is 2.10. The fraction of sp³-hybridized carbons (Fsp3) is 0.545. The molecule has 0 amide bonds. The van der Waals surface area contributed by atoms with Gasteiger partial charge in [-0.2, -0.15) is 0 Å². The van der Waals surface area contributed by atoms with Crippen LogP contribution >= 0.6 is 0 Å². The molecule has 0 aliphatic carbocycles. The lowest BCUT2D eigenvalue weighted by molar-refractivity contribution is 0.282. The molecule has 1 N–H and O–H groups in total. The molecule has 23 heavy (non-hydrogen) atoms. The molecule has 0 aliphatic heterocycles. The van der Waals surface area contributed by atoms with Crippen molar-refractivity contribution in [1.29, 1.82) is 0 Å². The zero-order valence-electron chi connectivity index (χ0n) is 15.0. The standard InChI is InChI=1S/C22H36O/c1-2-3-4-5-6-7-8-9-10-11-12-13-14-15-16-17-18-19-20-21-22-23/h3-4,6-7,9-10,12-13,15-16,23H,2,5,8,11,14,17-22H2,1H3/b4-3-,7-6-,10-9-,13-12-,16-15-. The summed E-state index contributed by atoms with van der Waals surface area (Å²) in [6.45, 7) is 2.49. The quantitative estimate of drug-likeness (QED) is 0.264. The van der Waals surface area contributed by atoms with Gasteiger partial charge in [-0.05, 0) is 51.4 Å². The van der Waals surface area contributed by atoms with Gasteiger partial charge in [0.05, 0.1) is 0 Å². The normalized spacial score (nSPS) is 13.0. The van der Waals surface area contributed by atoms with Crippen molar-refractivity contribution >= 4 is 0 Å². The summed E-state index contributed by atoms with van der Waals surface area (Å²) in [5.74, 6) is 0. The lowest BCUT2D eigenvalue weighted by Gasteiger charge is -1.95. The Bertz CT molecular complexity index is 358. The minimum absolute atomic E-state index is 0.335. The van der Waals surface area contributed by atoms with Crippen molar-refractivity contribution in [2.24, 2.45) is 0 Å². The predicted molar refractivity (Wildman–Crippen MR) is 105 cm³/mol. The van der Waals surface area contributed by atoms with Crippen LogP contribution in [0.3, 0.4) is 0 Å². The molecule has 0 aromatic heterocycles. The first-order valence-electron chi connectivity index (χ1n) is 9.27. The largest absolute Gasteiger partial charge is 0.396 e. The maximum absolute atomic E-state index is 8.68. The molecule has 1 heteroatoms. The number of hydrogen-bond acceptors (Lipinski definition) is 1. The van der Waals surface area contributed by atoms with E-state index < -0.39 is 0 Å². The molecule has 0 fully saturated rings. The molecule has 0 rings (SSSR count). The highest BCUT2D eigenvalue weighted by atomic mass is 16.2. The van der Waals surface area contributed by atoms with Gasteiger partial charge in [0.2, 0.25) is 0 Å². The Morgan fingerprint density at radius 2 is 0.957 bits per heavy atom. The average Bonchev–Trinajstić information content (AvgIpc) is 2.57. The van der Waals surface area contributed by atoms with Crippen LogP contribution in [0.4, 0.5) is 0 Å². The van der Waals surface area contributed by atoms with E-state index in [2.05, 4.69) is 67.7 Å². The Kier molecular flexibility index (Phi) is 19.5. The summed E-state index contributed by atoms with van der Waals surface area (Å²) in [5, 5.41) is 8.68. The van der Waals surface area contributed by atoms with Crippen molar-refractivity contribution in [2.75, 3.05) is 6.61 Å². The molecule has 0 unspecified atom stereocenters. The SMILES string of the molecule is CC/C=C\C/C=C\C/C=C\C/C=C\C/C=C\CCCCCCO. The zero-order valence-corrected chi connectivity index (χ0v) is 15.0. The van der Waals surface area contributed by atoms with Crippen molar-refractivity contribution < 1.29 is 5.11 Å². The van der Waals surface area contributed by atoms with Crippen LogP contribution in [0.15, 0.2) is 60.8 Å². The number of hydrogen-bond donors (Lipinski definition) is 1. The highest BCUT2D eigenvalue weighted by molar-refractivity contribution is 5.00. The van der Waals surface area contributed by atoms with Crippen LogP contribution in [0, 0.1) is 0 Å². The second-order valence-electron chi connectivity index (χ2n) is 5.63. The number of aliphatic hydroxyl groups excluding tert-OH is 1. The monoisotopic (exact) mass is 316 g/mol. The van der Waals surface area contributed by atoms with Crippen LogP contribution in [-0.2, 0) is 0 Å². The third-order valence-electron chi connectivity index (χ3n) is 3.44. The van der Waals surface area contributed by atoms with Crippen LogP contribution in [0.25, 0.3) is 0 Å². The first-order chi connectivity index (χ1) is 11.4. The van der Waals surface area contributed by atoms with Crippen LogP contribution in [0.2, 0.25) is 0 Å². The fourth-order valence-corrected chi connectivity index (χ4v) is 2.10. The lowest BCUT2D eigenvalue weighted by Crippen LogP contribution is -1.82. The van der Waals surface area contributed by atoms with Crippen molar-refractivity contribution in [3.8, 4) is 0 Å². The van der Waals surface area contributed by atoms with E-state index in [1.807, 2.05) is 0 Å². The van der Waals surface area contributed by atoms with Gasteiger partial charge in [-0.25, -0.2) is 0 Å². The maximum atomic E-state index is 8.68. The summed E-state index contributed by atoms with van der Waals surface area (Å²) in [5.41, 5.74) is 0. The number of aliphatic hydroxyl groups is 1. The predicted octanol–water partition coefficient (Wildman–Crippen LogP) is 6.68. The first-order valence-corrected chi connectivity index (χ1v) is 9.27. The van der Waals surface area contributed by atoms with Gasteiger partial charge in [-0.15, -0.1) is 0 Å². The highest BCUT2D eigenvalue weighted by Gasteiger charge is 1.86. The van der Waals surface area contributed by atoms with Gasteiger partial charge in [-0.3, -0.25) is 0 Å². The van der Waals surface area contributed by atoms with E-state index in [9.17, 15) is 0 Å². The molecule has 1 nitrogen and oxygen atoms in total. The topological polar surface area (TPSA) is 20.2 Å². The minimum Gasteiger partial charge on any atom is -0.396 e.